The Hall–Kier alpha value is -3.07. The summed E-state index contributed by atoms with van der Waals surface area (Å²) in [4.78, 5) is 38.5. The summed E-state index contributed by atoms with van der Waals surface area (Å²) in [5.41, 5.74) is 1.82. The zero-order chi connectivity index (χ0) is 22.0. The van der Waals surface area contributed by atoms with Crippen LogP contribution >= 0.6 is 11.6 Å². The Morgan fingerprint density at radius 3 is 2.48 bits per heavy atom. The molecule has 1 aliphatic heterocycles. The van der Waals surface area contributed by atoms with E-state index in [0.29, 0.717) is 30.1 Å². The van der Waals surface area contributed by atoms with Gasteiger partial charge in [0.1, 0.15) is 5.82 Å². The number of benzene rings is 1. The van der Waals surface area contributed by atoms with Crippen LogP contribution in [0.2, 0.25) is 5.02 Å². The van der Waals surface area contributed by atoms with E-state index in [-0.39, 0.29) is 24.6 Å². The van der Waals surface area contributed by atoms with Gasteiger partial charge in [-0.05, 0) is 41.8 Å². The Balaban J connectivity index is 1.69. The predicted molar refractivity (Wildman–Crippen MR) is 118 cm³/mol. The smallest absolute Gasteiger partial charge is 0.432 e. The third-order valence-corrected chi connectivity index (χ3v) is 5.53. The van der Waals surface area contributed by atoms with Gasteiger partial charge in [-0.3, -0.25) is 14.8 Å². The van der Waals surface area contributed by atoms with Crippen molar-refractivity contribution in [3.8, 4) is 0 Å². The number of quaternary nitrogens is 1. The van der Waals surface area contributed by atoms with Crippen LogP contribution in [0.25, 0.3) is 0 Å². The number of rotatable bonds is 7. The highest BCUT2D eigenvalue weighted by Crippen LogP contribution is 2.33. The first kappa shape index (κ1) is 21.2. The molecule has 3 amide bonds. The molecule has 0 saturated carbocycles. The minimum Gasteiger partial charge on any atom is -0.617 e. The van der Waals surface area contributed by atoms with Gasteiger partial charge < -0.3 is 5.21 Å². The molecule has 0 aliphatic carbocycles. The number of aromatic nitrogens is 3. The van der Waals surface area contributed by atoms with E-state index in [4.69, 9.17) is 11.6 Å². The summed E-state index contributed by atoms with van der Waals surface area (Å²) in [6.07, 6.45) is 4.62. The summed E-state index contributed by atoms with van der Waals surface area (Å²) >= 11 is 5.94. The molecule has 2 aromatic heterocycles. The van der Waals surface area contributed by atoms with Crippen molar-refractivity contribution < 1.29 is 9.59 Å². The Morgan fingerprint density at radius 2 is 1.81 bits per heavy atom. The largest absolute Gasteiger partial charge is 0.617 e. The zero-order valence-electron chi connectivity index (χ0n) is 17.0. The van der Waals surface area contributed by atoms with Gasteiger partial charge in [-0.15, -0.1) is 0 Å². The maximum absolute atomic E-state index is 13.9. The Kier molecular flexibility index (Phi) is 5.86. The van der Waals surface area contributed by atoms with E-state index >= 15 is 0 Å². The monoisotopic (exact) mass is 439 g/mol. The van der Waals surface area contributed by atoms with Crippen molar-refractivity contribution in [2.45, 2.75) is 26.2 Å². The number of H-pyrrole nitrogens is 1. The van der Waals surface area contributed by atoms with Crippen molar-refractivity contribution in [3.05, 3.63) is 81.7 Å². The molecule has 3 aromatic rings. The summed E-state index contributed by atoms with van der Waals surface area (Å²) in [5.74, 6) is -0.0731. The van der Waals surface area contributed by atoms with Crippen molar-refractivity contribution in [1.82, 2.24) is 24.5 Å². The van der Waals surface area contributed by atoms with Gasteiger partial charge in [-0.1, -0.05) is 30.7 Å². The number of halogens is 1. The molecule has 0 fully saturated rings. The first-order valence-corrected chi connectivity index (χ1v) is 10.5. The van der Waals surface area contributed by atoms with Crippen LogP contribution in [0.5, 0.6) is 0 Å². The molecular weight excluding hydrogens is 418 g/mol. The van der Waals surface area contributed by atoms with E-state index in [0.717, 1.165) is 16.0 Å². The molecule has 0 saturated heterocycles. The van der Waals surface area contributed by atoms with Gasteiger partial charge >= 0.3 is 6.03 Å². The summed E-state index contributed by atoms with van der Waals surface area (Å²) < 4.78 is -1.28. The summed E-state index contributed by atoms with van der Waals surface area (Å²) in [6, 6.07) is 10.0. The van der Waals surface area contributed by atoms with Crippen molar-refractivity contribution in [2.24, 2.45) is 0 Å². The van der Waals surface area contributed by atoms with E-state index in [9.17, 15) is 14.8 Å². The predicted octanol–water partition coefficient (Wildman–Crippen LogP) is 4.08. The minimum atomic E-state index is -1.28. The number of amides is 3. The number of aromatic amines is 1. The van der Waals surface area contributed by atoms with Gasteiger partial charge in [0.05, 0.1) is 6.54 Å². The number of carbonyl (C=O) groups is 2. The Bertz CT molecular complexity index is 1100. The molecule has 3 heterocycles. The van der Waals surface area contributed by atoms with Crippen LogP contribution in [0.1, 0.15) is 40.8 Å². The molecule has 9 heteroatoms. The lowest BCUT2D eigenvalue weighted by molar-refractivity contribution is 0.0744. The van der Waals surface area contributed by atoms with E-state index < -0.39 is 16.6 Å². The van der Waals surface area contributed by atoms with Gasteiger partial charge in [-0.25, -0.2) is 19.3 Å². The van der Waals surface area contributed by atoms with E-state index in [1.807, 2.05) is 31.2 Å². The molecule has 1 N–H and O–H groups in total. The van der Waals surface area contributed by atoms with Gasteiger partial charge in [0, 0.05) is 36.8 Å². The molecule has 0 spiro atoms. The number of imide groups is 1. The molecule has 1 atom stereocenters. The number of nitrogens with one attached hydrogen (secondary N) is 1. The van der Waals surface area contributed by atoms with Gasteiger partial charge in [0.15, 0.2) is 0 Å². The maximum Gasteiger partial charge on any atom is 0.432 e. The number of urea groups is 1. The van der Waals surface area contributed by atoms with Crippen LogP contribution in [0, 0.1) is 5.21 Å². The zero-order valence-corrected chi connectivity index (χ0v) is 17.8. The topological polar surface area (TPSA) is 102 Å². The van der Waals surface area contributed by atoms with Crippen LogP contribution in [-0.4, -0.2) is 44.9 Å². The molecule has 1 aliphatic rings. The fraction of sp³-hybridized carbons (Fsp3) is 0.273. The van der Waals surface area contributed by atoms with E-state index in [2.05, 4.69) is 15.0 Å². The Labute approximate surface area is 184 Å². The average molecular weight is 440 g/mol. The number of hydrogen-bond donors (Lipinski definition) is 1. The molecular formula is C22H22ClN5O3. The summed E-state index contributed by atoms with van der Waals surface area (Å²) in [7, 11) is 0. The summed E-state index contributed by atoms with van der Waals surface area (Å²) in [5, 5.41) is 14.5. The maximum atomic E-state index is 13.9. The molecule has 0 radical (unpaired) electrons. The molecule has 8 nitrogen and oxygen atoms in total. The fourth-order valence-electron chi connectivity index (χ4n) is 3.67. The molecule has 4 rings (SSSR count). The number of nitrogens with zero attached hydrogens (tertiary/aromatic N) is 4. The lowest BCUT2D eigenvalue weighted by Crippen LogP contribution is -2.62. The second-order valence-corrected chi connectivity index (χ2v) is 7.93. The normalized spacial score (nSPS) is 18.4. The van der Waals surface area contributed by atoms with Gasteiger partial charge in [-0.2, -0.15) is 0 Å². The highest BCUT2D eigenvalue weighted by Gasteiger charge is 2.48. The van der Waals surface area contributed by atoms with E-state index in [1.165, 1.54) is 0 Å². The van der Waals surface area contributed by atoms with Gasteiger partial charge in [0.2, 0.25) is 11.5 Å². The number of hydrogen-bond acceptors (Lipinski definition) is 5. The third-order valence-electron chi connectivity index (χ3n) is 5.28. The quantitative estimate of drug-likeness (QED) is 0.441. The highest BCUT2D eigenvalue weighted by atomic mass is 35.5. The van der Waals surface area contributed by atoms with Crippen LogP contribution in [0.15, 0.2) is 48.8 Å². The van der Waals surface area contributed by atoms with Crippen LogP contribution in [0.4, 0.5) is 10.6 Å². The van der Waals surface area contributed by atoms with Crippen molar-refractivity contribution in [2.75, 3.05) is 13.1 Å². The van der Waals surface area contributed by atoms with Crippen LogP contribution in [-0.2, 0) is 12.8 Å². The van der Waals surface area contributed by atoms with Crippen molar-refractivity contribution >= 4 is 29.4 Å². The number of fused-ring (bicyclic) bond motifs is 1. The number of pyridine rings is 1. The number of hydroxylamine groups is 2. The van der Waals surface area contributed by atoms with Crippen molar-refractivity contribution in [1.29, 1.82) is 0 Å². The first-order chi connectivity index (χ1) is 14.9. The SMILES string of the molecule is CCCN1C(=O)c2nc(Cc3ccncc3)[nH]c2[N+]([O-])(CCc2ccc(Cl)cc2)C1=O. The molecule has 160 valence electrons. The lowest BCUT2D eigenvalue weighted by atomic mass is 10.1. The Morgan fingerprint density at radius 1 is 1.10 bits per heavy atom. The summed E-state index contributed by atoms with van der Waals surface area (Å²) in [6.45, 7) is 1.97. The fourth-order valence-corrected chi connectivity index (χ4v) is 3.80. The highest BCUT2D eigenvalue weighted by molar-refractivity contribution is 6.30. The average Bonchev–Trinajstić information content (AvgIpc) is 3.20. The molecule has 0 bridgehead atoms. The van der Waals surface area contributed by atoms with E-state index in [1.54, 1.807) is 24.5 Å². The number of carbonyl (C=O) groups excluding carboxylic acids is 2. The van der Waals surface area contributed by atoms with Crippen molar-refractivity contribution in [3.63, 3.8) is 0 Å². The lowest BCUT2D eigenvalue weighted by Gasteiger charge is -2.43. The first-order valence-electron chi connectivity index (χ1n) is 10.1. The third kappa shape index (κ3) is 4.10. The van der Waals surface area contributed by atoms with Gasteiger partial charge in [0.25, 0.3) is 5.91 Å². The molecule has 1 unspecified atom stereocenters. The second kappa shape index (κ2) is 8.58. The molecule has 1 aromatic carbocycles. The van der Waals surface area contributed by atoms with Crippen LogP contribution in [0.3, 0.4) is 0 Å². The molecule has 31 heavy (non-hydrogen) atoms. The standard InChI is InChI=1S/C22H22ClN5O3/c1-2-12-27-21(29)19-20(26-18(25-19)14-16-7-10-24-11-8-16)28(31,22(27)30)13-9-15-3-5-17(23)6-4-15/h3-8,10-11H,2,9,12-14H2,1H3,(H,25,26). The second-order valence-electron chi connectivity index (χ2n) is 7.49. The number of imidazole rings is 1. The minimum absolute atomic E-state index is 0.000345. The van der Waals surface area contributed by atoms with Crippen LogP contribution < -0.4 is 4.65 Å².